The molecule has 136 valence electrons. The third-order valence-corrected chi connectivity index (χ3v) is 4.28. The topological polar surface area (TPSA) is 91.6 Å². The van der Waals surface area contributed by atoms with Gasteiger partial charge in [-0.05, 0) is 35.9 Å². The van der Waals surface area contributed by atoms with Gasteiger partial charge in [-0.25, -0.2) is 4.98 Å². The number of pyridine rings is 1. The van der Waals surface area contributed by atoms with Crippen molar-refractivity contribution in [3.05, 3.63) is 54.1 Å². The number of aromatic amines is 1. The van der Waals surface area contributed by atoms with Crippen LogP contribution in [0.4, 0.5) is 5.82 Å². The minimum absolute atomic E-state index is 0.294. The largest absolute Gasteiger partial charge is 0.497 e. The van der Waals surface area contributed by atoms with Crippen LogP contribution in [0, 0.1) is 11.3 Å². The number of nitriles is 1. The van der Waals surface area contributed by atoms with Crippen LogP contribution < -0.4 is 24.9 Å². The van der Waals surface area contributed by atoms with Gasteiger partial charge in [0.15, 0.2) is 11.5 Å². The molecule has 27 heavy (non-hydrogen) atoms. The zero-order valence-electron chi connectivity index (χ0n) is 15.4. The maximum Gasteiger partial charge on any atom is 0.289 e. The maximum atomic E-state index is 9.61. The predicted octanol–water partition coefficient (Wildman–Crippen LogP) is 3.31. The molecular formula is C21H20N3O3+. The number of nitrogen functional groups attached to an aromatic ring is 1. The lowest BCUT2D eigenvalue weighted by atomic mass is 9.98. The standard InChI is InChI=1S/C21H19N3O3/c1-25-15-6-4-5-14(9-15)18-11-16(17(12-22)21(23)24-18)13-7-8-19(26-2)20(10-13)27-3/h4-11H,1-3H3,(H2,23,24)/p+1. The van der Waals surface area contributed by atoms with Crippen LogP contribution in [0.15, 0.2) is 48.5 Å². The summed E-state index contributed by atoms with van der Waals surface area (Å²) in [6.07, 6.45) is 0. The van der Waals surface area contributed by atoms with Crippen LogP contribution in [-0.4, -0.2) is 21.3 Å². The molecular weight excluding hydrogens is 342 g/mol. The molecule has 0 fully saturated rings. The van der Waals surface area contributed by atoms with E-state index in [9.17, 15) is 5.26 Å². The normalized spacial score (nSPS) is 10.1. The van der Waals surface area contributed by atoms with Crippen molar-refractivity contribution in [2.24, 2.45) is 0 Å². The van der Waals surface area contributed by atoms with Crippen molar-refractivity contribution in [1.82, 2.24) is 0 Å². The minimum atomic E-state index is 0.294. The van der Waals surface area contributed by atoms with E-state index in [1.807, 2.05) is 42.5 Å². The van der Waals surface area contributed by atoms with Crippen molar-refractivity contribution >= 4 is 5.82 Å². The van der Waals surface area contributed by atoms with E-state index in [4.69, 9.17) is 19.9 Å². The lowest BCUT2D eigenvalue weighted by Crippen LogP contribution is -2.16. The highest BCUT2D eigenvalue weighted by atomic mass is 16.5. The zero-order chi connectivity index (χ0) is 19.4. The van der Waals surface area contributed by atoms with E-state index in [0.717, 1.165) is 22.6 Å². The van der Waals surface area contributed by atoms with Gasteiger partial charge in [-0.1, -0.05) is 18.2 Å². The van der Waals surface area contributed by atoms with Crippen molar-refractivity contribution in [3.8, 4) is 45.7 Å². The molecule has 0 bridgehead atoms. The molecule has 2 aromatic carbocycles. The van der Waals surface area contributed by atoms with Crippen LogP contribution in [-0.2, 0) is 0 Å². The molecule has 3 rings (SSSR count). The van der Waals surface area contributed by atoms with Crippen molar-refractivity contribution in [2.75, 3.05) is 27.1 Å². The molecule has 0 amide bonds. The Kier molecular flexibility index (Phi) is 5.13. The number of anilines is 1. The van der Waals surface area contributed by atoms with E-state index in [1.165, 1.54) is 0 Å². The van der Waals surface area contributed by atoms with Gasteiger partial charge in [0.2, 0.25) is 0 Å². The Morgan fingerprint density at radius 2 is 1.67 bits per heavy atom. The number of hydrogen-bond acceptors (Lipinski definition) is 5. The van der Waals surface area contributed by atoms with Gasteiger partial charge >= 0.3 is 0 Å². The van der Waals surface area contributed by atoms with Crippen LogP contribution in [0.25, 0.3) is 22.4 Å². The first-order chi connectivity index (χ1) is 13.1. The van der Waals surface area contributed by atoms with Gasteiger partial charge in [-0.2, -0.15) is 5.26 Å². The highest BCUT2D eigenvalue weighted by Gasteiger charge is 2.18. The molecule has 1 heterocycles. The van der Waals surface area contributed by atoms with Gasteiger partial charge in [0.1, 0.15) is 23.1 Å². The Labute approximate surface area is 157 Å². The van der Waals surface area contributed by atoms with Crippen molar-refractivity contribution in [1.29, 1.82) is 5.26 Å². The Morgan fingerprint density at radius 3 is 2.33 bits per heavy atom. The summed E-state index contributed by atoms with van der Waals surface area (Å²) < 4.78 is 16.0. The van der Waals surface area contributed by atoms with Gasteiger partial charge in [-0.15, -0.1) is 0 Å². The number of nitrogens with zero attached hydrogens (tertiary/aromatic N) is 1. The molecule has 0 atom stereocenters. The lowest BCUT2D eigenvalue weighted by Gasteiger charge is -2.11. The Balaban J connectivity index is 2.20. The minimum Gasteiger partial charge on any atom is -0.497 e. The van der Waals surface area contributed by atoms with Crippen molar-refractivity contribution in [2.45, 2.75) is 0 Å². The third-order valence-electron chi connectivity index (χ3n) is 4.28. The molecule has 0 saturated carbocycles. The van der Waals surface area contributed by atoms with Gasteiger partial charge < -0.3 is 14.2 Å². The SMILES string of the molecule is COc1cccc(-c2cc(-c3ccc(OC)c(OC)c3)c(C#N)c(N)[nH+]2)c1. The number of aromatic nitrogens is 1. The third kappa shape index (κ3) is 3.48. The summed E-state index contributed by atoms with van der Waals surface area (Å²) in [6.45, 7) is 0. The smallest absolute Gasteiger partial charge is 0.289 e. The fourth-order valence-corrected chi connectivity index (χ4v) is 2.90. The number of nitrogens with two attached hydrogens (primary N) is 1. The first kappa shape index (κ1) is 18.1. The fourth-order valence-electron chi connectivity index (χ4n) is 2.90. The van der Waals surface area contributed by atoms with Crippen LogP contribution in [0.1, 0.15) is 5.56 Å². The van der Waals surface area contributed by atoms with Crippen molar-refractivity contribution < 1.29 is 19.2 Å². The molecule has 0 aliphatic carbocycles. The second-order valence-corrected chi connectivity index (χ2v) is 5.80. The summed E-state index contributed by atoms with van der Waals surface area (Å²) in [5, 5.41) is 9.61. The molecule has 0 spiro atoms. The second kappa shape index (κ2) is 7.67. The van der Waals surface area contributed by atoms with Crippen LogP contribution >= 0.6 is 0 Å². The van der Waals surface area contributed by atoms with E-state index in [-0.39, 0.29) is 0 Å². The van der Waals surface area contributed by atoms with Gasteiger partial charge in [0.05, 0.1) is 21.3 Å². The maximum absolute atomic E-state index is 9.61. The van der Waals surface area contributed by atoms with Gasteiger partial charge in [0.25, 0.3) is 5.82 Å². The average Bonchev–Trinajstić information content (AvgIpc) is 2.72. The first-order valence-electron chi connectivity index (χ1n) is 8.24. The molecule has 0 aliphatic heterocycles. The molecule has 1 aromatic heterocycles. The lowest BCUT2D eigenvalue weighted by molar-refractivity contribution is -0.346. The van der Waals surface area contributed by atoms with Gasteiger partial charge in [-0.3, -0.25) is 5.73 Å². The summed E-state index contributed by atoms with van der Waals surface area (Å²) in [5.41, 5.74) is 9.68. The van der Waals surface area contributed by atoms with Crippen LogP contribution in [0.2, 0.25) is 0 Å². The van der Waals surface area contributed by atoms with E-state index in [2.05, 4.69) is 11.1 Å². The van der Waals surface area contributed by atoms with Gasteiger partial charge in [0, 0.05) is 11.1 Å². The zero-order valence-corrected chi connectivity index (χ0v) is 15.4. The summed E-state index contributed by atoms with van der Waals surface area (Å²) in [6, 6.07) is 17.2. The Morgan fingerprint density at radius 1 is 0.889 bits per heavy atom. The molecule has 6 heteroatoms. The Hall–Kier alpha value is -3.72. The Bertz CT molecular complexity index is 1030. The van der Waals surface area contributed by atoms with E-state index in [0.29, 0.717) is 28.4 Å². The molecule has 0 saturated heterocycles. The van der Waals surface area contributed by atoms with E-state index < -0.39 is 0 Å². The quantitative estimate of drug-likeness (QED) is 0.752. The fraction of sp³-hybridized carbons (Fsp3) is 0.143. The number of nitrogens with one attached hydrogen (secondary N) is 1. The highest BCUT2D eigenvalue weighted by molar-refractivity contribution is 5.79. The first-order valence-corrected chi connectivity index (χ1v) is 8.24. The van der Waals surface area contributed by atoms with E-state index >= 15 is 0 Å². The molecule has 0 radical (unpaired) electrons. The summed E-state index contributed by atoms with van der Waals surface area (Å²) in [5.74, 6) is 2.22. The highest BCUT2D eigenvalue weighted by Crippen LogP contribution is 2.35. The van der Waals surface area contributed by atoms with E-state index in [1.54, 1.807) is 27.4 Å². The van der Waals surface area contributed by atoms with Crippen molar-refractivity contribution in [3.63, 3.8) is 0 Å². The number of rotatable bonds is 5. The summed E-state index contributed by atoms with van der Waals surface area (Å²) in [4.78, 5) is 3.10. The molecule has 3 aromatic rings. The molecule has 0 unspecified atom stereocenters. The molecule has 0 aliphatic rings. The number of ether oxygens (including phenoxy) is 3. The monoisotopic (exact) mass is 362 g/mol. The summed E-state index contributed by atoms with van der Waals surface area (Å²) in [7, 11) is 4.77. The molecule has 3 N–H and O–H groups in total. The predicted molar refractivity (Wildman–Crippen MR) is 103 cm³/mol. The number of benzene rings is 2. The number of hydrogen-bond donors (Lipinski definition) is 1. The van der Waals surface area contributed by atoms with Crippen LogP contribution in [0.3, 0.4) is 0 Å². The average molecular weight is 362 g/mol. The van der Waals surface area contributed by atoms with Crippen LogP contribution in [0.5, 0.6) is 17.2 Å². The number of H-pyrrole nitrogens is 1. The molecule has 6 nitrogen and oxygen atoms in total. The second-order valence-electron chi connectivity index (χ2n) is 5.80. The summed E-state index contributed by atoms with van der Waals surface area (Å²) >= 11 is 0. The number of methoxy groups -OCH3 is 3.